The van der Waals surface area contributed by atoms with Crippen LogP contribution >= 0.6 is 0 Å². The Balaban J connectivity index is 1.80. The number of rotatable bonds is 5. The lowest BCUT2D eigenvalue weighted by molar-refractivity contribution is 0.140. The molecule has 0 amide bonds. The first-order valence-electron chi connectivity index (χ1n) is 9.31. The zero-order valence-corrected chi connectivity index (χ0v) is 15.9. The minimum absolute atomic E-state index is 0.372. The second kappa shape index (κ2) is 6.73. The summed E-state index contributed by atoms with van der Waals surface area (Å²) in [4.78, 5) is 11.2. The van der Waals surface area contributed by atoms with Crippen LogP contribution in [-0.4, -0.2) is 48.0 Å². The van der Waals surface area contributed by atoms with Crippen molar-refractivity contribution in [1.82, 2.24) is 15.3 Å². The number of anilines is 1. The number of benzene rings is 1. The molecule has 0 radical (unpaired) electrons. The normalized spacial score (nSPS) is 21.9. The van der Waals surface area contributed by atoms with Gasteiger partial charge in [-0.1, -0.05) is 12.1 Å². The molecule has 1 aromatic carbocycles. The van der Waals surface area contributed by atoms with Gasteiger partial charge in [0.05, 0.1) is 17.5 Å². The summed E-state index contributed by atoms with van der Waals surface area (Å²) in [7, 11) is 1.83. The maximum Gasteiger partial charge on any atom is 0.226 e. The van der Waals surface area contributed by atoms with E-state index in [2.05, 4.69) is 10.3 Å². The number of hydrogen-bond donors (Lipinski definition) is 2. The Morgan fingerprint density at radius 1 is 1.37 bits per heavy atom. The van der Waals surface area contributed by atoms with E-state index in [1.807, 2.05) is 37.1 Å². The minimum Gasteiger partial charge on any atom is -0.478 e. The van der Waals surface area contributed by atoms with E-state index in [1.54, 1.807) is 6.92 Å². The highest BCUT2D eigenvalue weighted by Gasteiger charge is 2.40. The zero-order valence-electron chi connectivity index (χ0n) is 15.9. The summed E-state index contributed by atoms with van der Waals surface area (Å²) in [6.45, 7) is 4.94. The third-order valence-electron chi connectivity index (χ3n) is 5.31. The van der Waals surface area contributed by atoms with Crippen LogP contribution in [0.1, 0.15) is 30.2 Å². The SMILES string of the molecule is CNCOc1cc(-c2nc(N3CC(O)C3)nc3c2CCC3(C)F)ccc1C. The molecule has 1 atom stereocenters. The van der Waals surface area contributed by atoms with Crippen molar-refractivity contribution in [2.24, 2.45) is 0 Å². The van der Waals surface area contributed by atoms with Crippen LogP contribution in [0, 0.1) is 6.92 Å². The monoisotopic (exact) mass is 372 g/mol. The zero-order chi connectivity index (χ0) is 19.2. The summed E-state index contributed by atoms with van der Waals surface area (Å²) >= 11 is 0. The molecule has 1 unspecified atom stereocenters. The third-order valence-corrected chi connectivity index (χ3v) is 5.31. The van der Waals surface area contributed by atoms with Gasteiger partial charge in [-0.2, -0.15) is 0 Å². The van der Waals surface area contributed by atoms with Crippen LogP contribution in [0.5, 0.6) is 5.75 Å². The van der Waals surface area contributed by atoms with Crippen molar-refractivity contribution in [3.8, 4) is 17.0 Å². The highest BCUT2D eigenvalue weighted by molar-refractivity contribution is 5.69. The van der Waals surface area contributed by atoms with E-state index in [4.69, 9.17) is 9.72 Å². The van der Waals surface area contributed by atoms with Crippen molar-refractivity contribution < 1.29 is 14.2 Å². The summed E-state index contributed by atoms with van der Waals surface area (Å²) in [5, 5.41) is 12.6. The van der Waals surface area contributed by atoms with Gasteiger partial charge in [0.25, 0.3) is 0 Å². The first-order valence-corrected chi connectivity index (χ1v) is 9.31. The summed E-state index contributed by atoms with van der Waals surface area (Å²) < 4.78 is 20.8. The topological polar surface area (TPSA) is 70.5 Å². The fourth-order valence-corrected chi connectivity index (χ4v) is 3.67. The fraction of sp³-hybridized carbons (Fsp3) is 0.500. The molecule has 1 aromatic heterocycles. The summed E-state index contributed by atoms with van der Waals surface area (Å²) in [6.07, 6.45) is 0.648. The average molecular weight is 372 g/mol. The maximum absolute atomic E-state index is 15.1. The Kier molecular flexibility index (Phi) is 4.52. The second-order valence-corrected chi connectivity index (χ2v) is 7.58. The van der Waals surface area contributed by atoms with Crippen molar-refractivity contribution in [3.63, 3.8) is 0 Å². The van der Waals surface area contributed by atoms with Gasteiger partial charge >= 0.3 is 0 Å². The largest absolute Gasteiger partial charge is 0.478 e. The summed E-state index contributed by atoms with van der Waals surface area (Å²) in [5.41, 5.74) is 2.57. The number of β-amino-alcohol motifs (C(OH)–C–C–N with tert-alkyl or cyclic N) is 1. The average Bonchev–Trinajstić information content (AvgIpc) is 2.93. The molecule has 27 heavy (non-hydrogen) atoms. The predicted molar refractivity (Wildman–Crippen MR) is 102 cm³/mol. The molecule has 4 rings (SSSR count). The van der Waals surface area contributed by atoms with Crippen LogP contribution in [0.15, 0.2) is 18.2 Å². The van der Waals surface area contributed by atoms with E-state index in [0.717, 1.165) is 28.1 Å². The Labute approximate surface area is 158 Å². The highest BCUT2D eigenvalue weighted by atomic mass is 19.1. The van der Waals surface area contributed by atoms with Crippen molar-refractivity contribution in [1.29, 1.82) is 0 Å². The molecule has 6 nitrogen and oxygen atoms in total. The van der Waals surface area contributed by atoms with E-state index < -0.39 is 5.67 Å². The summed E-state index contributed by atoms with van der Waals surface area (Å²) in [6, 6.07) is 5.94. The number of aliphatic hydroxyl groups excluding tert-OH is 1. The molecule has 144 valence electrons. The lowest BCUT2D eigenvalue weighted by atomic mass is 10.0. The van der Waals surface area contributed by atoms with Gasteiger partial charge < -0.3 is 14.7 Å². The Hall–Kier alpha value is -2.25. The van der Waals surface area contributed by atoms with Gasteiger partial charge in [-0.3, -0.25) is 5.32 Å². The molecule has 0 spiro atoms. The molecule has 0 saturated carbocycles. The number of ether oxygens (including phenoxy) is 1. The Morgan fingerprint density at radius 2 is 2.15 bits per heavy atom. The van der Waals surface area contributed by atoms with Gasteiger partial charge in [-0.25, -0.2) is 14.4 Å². The van der Waals surface area contributed by atoms with Crippen LogP contribution in [0.4, 0.5) is 10.3 Å². The number of hydrogen-bond acceptors (Lipinski definition) is 6. The highest BCUT2D eigenvalue weighted by Crippen LogP contribution is 2.43. The minimum atomic E-state index is -1.46. The van der Waals surface area contributed by atoms with E-state index in [0.29, 0.717) is 44.3 Å². The number of halogens is 1. The third kappa shape index (κ3) is 3.26. The number of aryl methyl sites for hydroxylation is 1. The molecule has 1 fully saturated rings. The smallest absolute Gasteiger partial charge is 0.226 e. The lowest BCUT2D eigenvalue weighted by Crippen LogP contribution is -2.51. The number of nitrogens with zero attached hydrogens (tertiary/aromatic N) is 3. The van der Waals surface area contributed by atoms with Crippen molar-refractivity contribution in [2.75, 3.05) is 31.8 Å². The number of aromatic nitrogens is 2. The van der Waals surface area contributed by atoms with Crippen LogP contribution in [0.25, 0.3) is 11.3 Å². The van der Waals surface area contributed by atoms with E-state index >= 15 is 4.39 Å². The van der Waals surface area contributed by atoms with Crippen LogP contribution in [0.2, 0.25) is 0 Å². The first kappa shape index (κ1) is 18.1. The van der Waals surface area contributed by atoms with Gasteiger partial charge in [-0.15, -0.1) is 0 Å². The molecule has 1 aliphatic heterocycles. The predicted octanol–water partition coefficient (Wildman–Crippen LogP) is 2.32. The van der Waals surface area contributed by atoms with Crippen LogP contribution in [0.3, 0.4) is 0 Å². The molecule has 2 aliphatic rings. The van der Waals surface area contributed by atoms with E-state index in [9.17, 15) is 5.11 Å². The molecule has 2 heterocycles. The van der Waals surface area contributed by atoms with Gasteiger partial charge in [0.1, 0.15) is 12.5 Å². The van der Waals surface area contributed by atoms with Crippen molar-refractivity contribution in [3.05, 3.63) is 35.0 Å². The van der Waals surface area contributed by atoms with Gasteiger partial charge in [0.2, 0.25) is 5.95 Å². The molecule has 1 aliphatic carbocycles. The molecule has 1 saturated heterocycles. The standard InChI is InChI=1S/C20H25FN4O2/c1-12-4-5-13(8-16(12)27-11-22-3)17-15-6-7-20(2,21)18(15)24-19(23-17)25-9-14(26)10-25/h4-5,8,14,22,26H,6-7,9-11H2,1-3H3. The van der Waals surface area contributed by atoms with Crippen molar-refractivity contribution in [2.45, 2.75) is 38.5 Å². The van der Waals surface area contributed by atoms with Gasteiger partial charge in [0, 0.05) is 24.2 Å². The second-order valence-electron chi connectivity index (χ2n) is 7.58. The number of fused-ring (bicyclic) bond motifs is 1. The number of aliphatic hydroxyl groups is 1. The number of nitrogens with one attached hydrogen (secondary N) is 1. The number of alkyl halides is 1. The van der Waals surface area contributed by atoms with Crippen molar-refractivity contribution >= 4 is 5.95 Å². The van der Waals surface area contributed by atoms with E-state index in [-0.39, 0.29) is 6.10 Å². The summed E-state index contributed by atoms with van der Waals surface area (Å²) in [5.74, 6) is 1.26. The molecule has 0 bridgehead atoms. The quantitative estimate of drug-likeness (QED) is 0.785. The molecular weight excluding hydrogens is 347 g/mol. The molecule has 2 aromatic rings. The van der Waals surface area contributed by atoms with E-state index in [1.165, 1.54) is 0 Å². The Bertz CT molecular complexity index is 865. The fourth-order valence-electron chi connectivity index (χ4n) is 3.67. The first-order chi connectivity index (χ1) is 12.9. The maximum atomic E-state index is 15.1. The Morgan fingerprint density at radius 3 is 2.85 bits per heavy atom. The molecule has 2 N–H and O–H groups in total. The van der Waals surface area contributed by atoms with Gasteiger partial charge in [-0.05, 0) is 45.4 Å². The van der Waals surface area contributed by atoms with Crippen LogP contribution < -0.4 is 15.0 Å². The van der Waals surface area contributed by atoms with Gasteiger partial charge in [0.15, 0.2) is 5.67 Å². The molecule has 7 heteroatoms. The lowest BCUT2D eigenvalue weighted by Gasteiger charge is -2.36. The molecular formula is C20H25FN4O2. The van der Waals surface area contributed by atoms with Crippen LogP contribution in [-0.2, 0) is 12.1 Å².